The first-order valence-corrected chi connectivity index (χ1v) is 10.1. The van der Waals surface area contributed by atoms with Crippen LogP contribution < -0.4 is 4.90 Å². The molecular formula is C21H28N6O. The molecule has 2 fully saturated rings. The van der Waals surface area contributed by atoms with Crippen molar-refractivity contribution in [3.63, 3.8) is 0 Å². The molecule has 0 spiro atoms. The van der Waals surface area contributed by atoms with E-state index in [1.54, 1.807) is 6.20 Å². The van der Waals surface area contributed by atoms with Crippen molar-refractivity contribution in [1.29, 1.82) is 0 Å². The lowest BCUT2D eigenvalue weighted by Gasteiger charge is -2.36. The Labute approximate surface area is 166 Å². The number of anilines is 1. The van der Waals surface area contributed by atoms with Crippen LogP contribution in [0.1, 0.15) is 24.1 Å². The monoisotopic (exact) mass is 380 g/mol. The van der Waals surface area contributed by atoms with Gasteiger partial charge in [0.15, 0.2) is 5.82 Å². The molecule has 4 heterocycles. The summed E-state index contributed by atoms with van der Waals surface area (Å²) in [6, 6.07) is 5.79. The van der Waals surface area contributed by atoms with Crippen LogP contribution in [-0.2, 0) is 4.79 Å². The highest BCUT2D eigenvalue weighted by atomic mass is 16.2. The lowest BCUT2D eigenvalue weighted by molar-refractivity contribution is -0.131. The fourth-order valence-corrected chi connectivity index (χ4v) is 3.91. The van der Waals surface area contributed by atoms with Gasteiger partial charge in [0.25, 0.3) is 0 Å². The van der Waals surface area contributed by atoms with E-state index in [-0.39, 0.29) is 5.91 Å². The molecular weight excluding hydrogens is 352 g/mol. The average Bonchev–Trinajstić information content (AvgIpc) is 3.26. The molecule has 2 saturated heterocycles. The van der Waals surface area contributed by atoms with E-state index < -0.39 is 0 Å². The third-order valence-corrected chi connectivity index (χ3v) is 5.75. The summed E-state index contributed by atoms with van der Waals surface area (Å²) in [4.78, 5) is 32.9. The number of hydrogen-bond donors (Lipinski definition) is 0. The molecule has 0 aliphatic carbocycles. The van der Waals surface area contributed by atoms with Crippen LogP contribution >= 0.6 is 0 Å². The summed E-state index contributed by atoms with van der Waals surface area (Å²) in [5.74, 6) is 1.93. The molecule has 148 valence electrons. The Morgan fingerprint density at radius 3 is 2.43 bits per heavy atom. The SMILES string of the molecule is Cc1nc(-c2ccccn2)nc(N2CCN(CC(=O)N3CCCC3)CC2)c1C. The molecule has 0 saturated carbocycles. The van der Waals surface area contributed by atoms with E-state index in [1.165, 1.54) is 0 Å². The molecule has 0 atom stereocenters. The summed E-state index contributed by atoms with van der Waals surface area (Å²) in [6.45, 7) is 9.98. The zero-order chi connectivity index (χ0) is 19.5. The highest BCUT2D eigenvalue weighted by Crippen LogP contribution is 2.24. The first-order valence-electron chi connectivity index (χ1n) is 10.1. The Morgan fingerprint density at radius 2 is 1.75 bits per heavy atom. The predicted molar refractivity (Wildman–Crippen MR) is 109 cm³/mol. The minimum absolute atomic E-state index is 0.275. The fraction of sp³-hybridized carbons (Fsp3) is 0.524. The number of rotatable bonds is 4. The van der Waals surface area contributed by atoms with E-state index in [9.17, 15) is 4.79 Å². The number of nitrogens with zero attached hydrogens (tertiary/aromatic N) is 6. The lowest BCUT2D eigenvalue weighted by atomic mass is 10.2. The van der Waals surface area contributed by atoms with Gasteiger partial charge in [-0.1, -0.05) is 6.07 Å². The van der Waals surface area contributed by atoms with Crippen molar-refractivity contribution in [1.82, 2.24) is 24.8 Å². The van der Waals surface area contributed by atoms with Gasteiger partial charge in [0, 0.05) is 56.7 Å². The molecule has 7 heteroatoms. The van der Waals surface area contributed by atoms with Gasteiger partial charge < -0.3 is 9.80 Å². The number of amides is 1. The molecule has 7 nitrogen and oxygen atoms in total. The number of carbonyl (C=O) groups excluding carboxylic acids is 1. The van der Waals surface area contributed by atoms with Gasteiger partial charge in [-0.15, -0.1) is 0 Å². The quantitative estimate of drug-likeness (QED) is 0.807. The van der Waals surface area contributed by atoms with E-state index >= 15 is 0 Å². The Hall–Kier alpha value is -2.54. The van der Waals surface area contributed by atoms with Crippen LogP contribution in [0.2, 0.25) is 0 Å². The number of likely N-dealkylation sites (tertiary alicyclic amines) is 1. The van der Waals surface area contributed by atoms with Crippen LogP contribution in [-0.4, -0.2) is 76.5 Å². The van der Waals surface area contributed by atoms with Gasteiger partial charge in [0.05, 0.1) is 6.54 Å². The molecule has 0 radical (unpaired) electrons. The summed E-state index contributed by atoms with van der Waals surface area (Å²) in [5.41, 5.74) is 2.89. The summed E-state index contributed by atoms with van der Waals surface area (Å²) >= 11 is 0. The number of aryl methyl sites for hydroxylation is 1. The largest absolute Gasteiger partial charge is 0.354 e. The maximum atomic E-state index is 12.4. The van der Waals surface area contributed by atoms with Gasteiger partial charge in [0.1, 0.15) is 11.5 Å². The van der Waals surface area contributed by atoms with Crippen molar-refractivity contribution >= 4 is 11.7 Å². The van der Waals surface area contributed by atoms with Crippen molar-refractivity contribution in [2.45, 2.75) is 26.7 Å². The predicted octanol–water partition coefficient (Wildman–Crippen LogP) is 1.90. The van der Waals surface area contributed by atoms with E-state index in [2.05, 4.69) is 26.7 Å². The number of piperazine rings is 1. The maximum Gasteiger partial charge on any atom is 0.236 e. The summed E-state index contributed by atoms with van der Waals surface area (Å²) in [6.07, 6.45) is 4.05. The van der Waals surface area contributed by atoms with E-state index in [0.29, 0.717) is 12.4 Å². The molecule has 0 N–H and O–H groups in total. The second-order valence-electron chi connectivity index (χ2n) is 7.65. The first-order chi connectivity index (χ1) is 13.6. The second-order valence-corrected chi connectivity index (χ2v) is 7.65. The minimum Gasteiger partial charge on any atom is -0.354 e. The fourth-order valence-electron chi connectivity index (χ4n) is 3.91. The van der Waals surface area contributed by atoms with Crippen molar-refractivity contribution in [2.24, 2.45) is 0 Å². The van der Waals surface area contributed by atoms with Crippen molar-refractivity contribution < 1.29 is 4.79 Å². The number of hydrogen-bond acceptors (Lipinski definition) is 6. The van der Waals surface area contributed by atoms with E-state index in [1.807, 2.05) is 30.0 Å². The summed E-state index contributed by atoms with van der Waals surface area (Å²) in [7, 11) is 0. The first kappa shape index (κ1) is 18.8. The van der Waals surface area contributed by atoms with E-state index in [0.717, 1.165) is 74.9 Å². The third-order valence-electron chi connectivity index (χ3n) is 5.75. The van der Waals surface area contributed by atoms with Crippen molar-refractivity contribution in [2.75, 3.05) is 50.7 Å². The maximum absolute atomic E-state index is 12.4. The zero-order valence-electron chi connectivity index (χ0n) is 16.8. The average molecular weight is 380 g/mol. The molecule has 2 aromatic heterocycles. The third kappa shape index (κ3) is 3.99. The molecule has 1 amide bonds. The number of aromatic nitrogens is 3. The van der Waals surface area contributed by atoms with Crippen LogP contribution in [0.3, 0.4) is 0 Å². The standard InChI is InChI=1S/C21H28N6O/c1-16-17(2)23-20(18-7-3-4-8-22-18)24-21(16)27-13-11-25(12-14-27)15-19(28)26-9-5-6-10-26/h3-4,7-8H,5-6,9-15H2,1-2H3. The molecule has 2 aromatic rings. The Bertz CT molecular complexity index is 826. The summed E-state index contributed by atoms with van der Waals surface area (Å²) < 4.78 is 0. The molecule has 4 rings (SSSR count). The van der Waals surface area contributed by atoms with Gasteiger partial charge >= 0.3 is 0 Å². The smallest absolute Gasteiger partial charge is 0.236 e. The van der Waals surface area contributed by atoms with Gasteiger partial charge in [-0.3, -0.25) is 14.7 Å². The lowest BCUT2D eigenvalue weighted by Crippen LogP contribution is -2.50. The minimum atomic E-state index is 0.275. The van der Waals surface area contributed by atoms with Crippen molar-refractivity contribution in [3.8, 4) is 11.5 Å². The van der Waals surface area contributed by atoms with Crippen LogP contribution in [0.15, 0.2) is 24.4 Å². The highest BCUT2D eigenvalue weighted by molar-refractivity contribution is 5.78. The molecule has 2 aliphatic rings. The van der Waals surface area contributed by atoms with Crippen molar-refractivity contribution in [3.05, 3.63) is 35.7 Å². The Morgan fingerprint density at radius 1 is 1.00 bits per heavy atom. The Kier molecular flexibility index (Phi) is 5.52. The highest BCUT2D eigenvalue weighted by Gasteiger charge is 2.25. The van der Waals surface area contributed by atoms with E-state index in [4.69, 9.17) is 4.98 Å². The molecule has 28 heavy (non-hydrogen) atoms. The van der Waals surface area contributed by atoms with Crippen LogP contribution in [0.5, 0.6) is 0 Å². The van der Waals surface area contributed by atoms with Gasteiger partial charge in [-0.25, -0.2) is 9.97 Å². The number of pyridine rings is 1. The van der Waals surface area contributed by atoms with Crippen LogP contribution in [0.25, 0.3) is 11.5 Å². The zero-order valence-corrected chi connectivity index (χ0v) is 16.8. The molecule has 0 aromatic carbocycles. The molecule has 0 unspecified atom stereocenters. The van der Waals surface area contributed by atoms with Crippen LogP contribution in [0.4, 0.5) is 5.82 Å². The number of carbonyl (C=O) groups is 1. The van der Waals surface area contributed by atoms with Gasteiger partial charge in [-0.05, 0) is 38.8 Å². The molecule has 2 aliphatic heterocycles. The van der Waals surface area contributed by atoms with Gasteiger partial charge in [-0.2, -0.15) is 0 Å². The second kappa shape index (κ2) is 8.22. The van der Waals surface area contributed by atoms with Gasteiger partial charge in [0.2, 0.25) is 5.91 Å². The topological polar surface area (TPSA) is 65.5 Å². The van der Waals surface area contributed by atoms with Crippen LogP contribution in [0, 0.1) is 13.8 Å². The normalized spacial score (nSPS) is 17.9. The Balaban J connectivity index is 1.44. The molecule has 0 bridgehead atoms. The summed E-state index contributed by atoms with van der Waals surface area (Å²) in [5, 5.41) is 0.